The highest BCUT2D eigenvalue weighted by Gasteiger charge is 2.61. The van der Waals surface area contributed by atoms with Crippen LogP contribution in [0.1, 0.15) is 85.0 Å². The van der Waals surface area contributed by atoms with Gasteiger partial charge >= 0.3 is 0 Å². The smallest absolute Gasteiger partial charge is 0.184 e. The molecule has 3 atom stereocenters. The van der Waals surface area contributed by atoms with E-state index in [1.807, 2.05) is 0 Å². The number of hydrogen-bond acceptors (Lipinski definition) is 2. The van der Waals surface area contributed by atoms with Gasteiger partial charge in [-0.15, -0.1) is 0 Å². The lowest BCUT2D eigenvalue weighted by molar-refractivity contribution is -0.130. The maximum atomic E-state index is 12.4. The molecule has 0 radical (unpaired) electrons. The highest BCUT2D eigenvalue weighted by atomic mass is 28.4. The summed E-state index contributed by atoms with van der Waals surface area (Å²) in [6.45, 7) is 13.9. The molecule has 3 saturated carbocycles. The molecule has 0 aromatic carbocycles. The minimum Gasteiger partial charge on any atom is -0.413 e. The first-order chi connectivity index (χ1) is 11.5. The lowest BCUT2D eigenvalue weighted by atomic mass is 9.60. The van der Waals surface area contributed by atoms with Gasteiger partial charge in [0.05, 0.1) is 5.60 Å². The first-order valence-electron chi connectivity index (χ1n) is 10.7. The van der Waals surface area contributed by atoms with Crippen molar-refractivity contribution >= 4 is 14.1 Å². The fraction of sp³-hybridized carbons (Fsp3) is 0.955. The maximum absolute atomic E-state index is 12.4. The summed E-state index contributed by atoms with van der Waals surface area (Å²) >= 11 is 0. The molecule has 0 saturated heterocycles. The van der Waals surface area contributed by atoms with Gasteiger partial charge in [0.2, 0.25) is 0 Å². The number of hydrogen-bond donors (Lipinski definition) is 0. The molecule has 0 aliphatic heterocycles. The monoisotopic (exact) mass is 364 g/mol. The Morgan fingerprint density at radius 2 is 1.84 bits per heavy atom. The molecule has 0 amide bonds. The molecule has 0 heterocycles. The quantitative estimate of drug-likeness (QED) is 0.492. The van der Waals surface area contributed by atoms with Gasteiger partial charge in [-0.2, -0.15) is 0 Å². The van der Waals surface area contributed by atoms with Crippen molar-refractivity contribution in [1.29, 1.82) is 0 Å². The molecule has 3 heteroatoms. The summed E-state index contributed by atoms with van der Waals surface area (Å²) < 4.78 is 6.40. The number of carbonyl (C=O) groups is 1. The van der Waals surface area contributed by atoms with Crippen molar-refractivity contribution in [2.45, 2.75) is 110 Å². The molecule has 3 aliphatic carbocycles. The van der Waals surface area contributed by atoms with Gasteiger partial charge in [-0.3, -0.25) is 4.79 Å². The lowest BCUT2D eigenvalue weighted by Gasteiger charge is -2.43. The maximum Gasteiger partial charge on any atom is 0.184 e. The van der Waals surface area contributed by atoms with E-state index < -0.39 is 8.32 Å². The normalized spacial score (nSPS) is 34.9. The Morgan fingerprint density at radius 1 is 1.16 bits per heavy atom. The number of rotatable bonds is 7. The fourth-order valence-corrected chi connectivity index (χ4v) is 8.38. The third kappa shape index (κ3) is 4.08. The number of carbonyl (C=O) groups excluding carboxylic acids is 1. The highest BCUT2D eigenvalue weighted by molar-refractivity contribution is 6.69. The highest BCUT2D eigenvalue weighted by Crippen LogP contribution is 2.68. The number of Topliss-reactive ketones (excluding diaryl/α,β-unsaturated/α-hetero) is 1. The van der Waals surface area contributed by atoms with Gasteiger partial charge in [0.25, 0.3) is 0 Å². The van der Waals surface area contributed by atoms with E-state index >= 15 is 0 Å². The molecule has 2 nitrogen and oxygen atoms in total. The SMILES string of the molecule is CC(C)(CCCC1([C@H]2CCC3C(=O)CCC[C@@]32C)CC1)O[Si](C)(C)C. The Hall–Kier alpha value is -0.153. The second kappa shape index (κ2) is 6.47. The Morgan fingerprint density at radius 3 is 2.44 bits per heavy atom. The summed E-state index contributed by atoms with van der Waals surface area (Å²) in [5.74, 6) is 1.77. The number of fused-ring (bicyclic) bond motifs is 1. The van der Waals surface area contributed by atoms with Crippen LogP contribution < -0.4 is 0 Å². The largest absolute Gasteiger partial charge is 0.413 e. The second-order valence-corrected chi connectivity index (χ2v) is 15.6. The summed E-state index contributed by atoms with van der Waals surface area (Å²) in [6.07, 6.45) is 12.4. The van der Waals surface area contributed by atoms with E-state index in [1.165, 1.54) is 51.4 Å². The van der Waals surface area contributed by atoms with Gasteiger partial charge < -0.3 is 4.43 Å². The van der Waals surface area contributed by atoms with E-state index in [1.54, 1.807) is 0 Å². The molecular weight excluding hydrogens is 324 g/mol. The van der Waals surface area contributed by atoms with Gasteiger partial charge in [0.1, 0.15) is 5.78 Å². The first-order valence-corrected chi connectivity index (χ1v) is 14.1. The molecule has 1 unspecified atom stereocenters. The van der Waals surface area contributed by atoms with Crippen molar-refractivity contribution in [3.05, 3.63) is 0 Å². The summed E-state index contributed by atoms with van der Waals surface area (Å²) in [5, 5.41) is 0. The lowest BCUT2D eigenvalue weighted by Crippen LogP contribution is -2.40. The van der Waals surface area contributed by atoms with Gasteiger partial charge in [-0.05, 0) is 102 Å². The molecule has 0 bridgehead atoms. The predicted octanol–water partition coefficient (Wildman–Crippen LogP) is 6.35. The molecule has 0 spiro atoms. The van der Waals surface area contributed by atoms with E-state index in [-0.39, 0.29) is 5.60 Å². The summed E-state index contributed by atoms with van der Waals surface area (Å²) in [5.41, 5.74) is 0.899. The van der Waals surface area contributed by atoms with Crippen LogP contribution in [0.2, 0.25) is 19.6 Å². The second-order valence-electron chi connectivity index (χ2n) is 11.2. The molecule has 25 heavy (non-hydrogen) atoms. The van der Waals surface area contributed by atoms with Crippen LogP contribution in [0, 0.1) is 22.7 Å². The van der Waals surface area contributed by atoms with Crippen molar-refractivity contribution < 1.29 is 9.22 Å². The van der Waals surface area contributed by atoms with Crippen molar-refractivity contribution in [1.82, 2.24) is 0 Å². The Bertz CT molecular complexity index is 515. The average molecular weight is 365 g/mol. The molecule has 3 aliphatic rings. The van der Waals surface area contributed by atoms with Crippen LogP contribution in [0.25, 0.3) is 0 Å². The Labute approximate surface area is 156 Å². The predicted molar refractivity (Wildman–Crippen MR) is 107 cm³/mol. The molecule has 3 rings (SSSR count). The van der Waals surface area contributed by atoms with Gasteiger partial charge in [-0.25, -0.2) is 0 Å². The molecular formula is C22H40O2Si. The van der Waals surface area contributed by atoms with Crippen LogP contribution in [0.5, 0.6) is 0 Å². The zero-order valence-corrected chi connectivity index (χ0v) is 18.5. The minimum atomic E-state index is -1.48. The van der Waals surface area contributed by atoms with Crippen LogP contribution in [0.15, 0.2) is 0 Å². The van der Waals surface area contributed by atoms with Crippen molar-refractivity contribution in [3.8, 4) is 0 Å². The van der Waals surface area contributed by atoms with E-state index in [0.29, 0.717) is 22.5 Å². The Balaban J connectivity index is 1.59. The zero-order valence-electron chi connectivity index (χ0n) is 17.5. The third-order valence-electron chi connectivity index (χ3n) is 7.53. The summed E-state index contributed by atoms with van der Waals surface area (Å²) in [7, 11) is -1.48. The van der Waals surface area contributed by atoms with Gasteiger partial charge in [0, 0.05) is 12.3 Å². The third-order valence-corrected chi connectivity index (χ3v) is 8.70. The molecule has 0 aromatic heterocycles. The van der Waals surface area contributed by atoms with Gasteiger partial charge in [0.15, 0.2) is 8.32 Å². The van der Waals surface area contributed by atoms with Gasteiger partial charge in [-0.1, -0.05) is 13.3 Å². The van der Waals surface area contributed by atoms with Crippen molar-refractivity contribution in [2.75, 3.05) is 0 Å². The minimum absolute atomic E-state index is 0.0173. The average Bonchev–Trinajstić information content (AvgIpc) is 3.11. The van der Waals surface area contributed by atoms with Crippen LogP contribution in [-0.4, -0.2) is 19.7 Å². The van der Waals surface area contributed by atoms with E-state index in [4.69, 9.17) is 4.43 Å². The van der Waals surface area contributed by atoms with Crippen LogP contribution in [0.4, 0.5) is 0 Å². The topological polar surface area (TPSA) is 26.3 Å². The molecule has 144 valence electrons. The van der Waals surface area contributed by atoms with Crippen molar-refractivity contribution in [3.63, 3.8) is 0 Å². The number of ketones is 1. The van der Waals surface area contributed by atoms with E-state index in [0.717, 1.165) is 18.8 Å². The van der Waals surface area contributed by atoms with Crippen molar-refractivity contribution in [2.24, 2.45) is 22.7 Å². The van der Waals surface area contributed by atoms with E-state index in [9.17, 15) is 4.79 Å². The fourth-order valence-electron chi connectivity index (χ4n) is 6.62. The zero-order chi connectivity index (χ0) is 18.5. The summed E-state index contributed by atoms with van der Waals surface area (Å²) in [6, 6.07) is 0. The molecule has 3 fully saturated rings. The van der Waals surface area contributed by atoms with Crippen LogP contribution in [-0.2, 0) is 9.22 Å². The molecule has 0 N–H and O–H groups in total. The van der Waals surface area contributed by atoms with E-state index in [2.05, 4.69) is 40.4 Å². The Kier molecular flexibility index (Phi) is 5.08. The van der Waals surface area contributed by atoms with Crippen LogP contribution >= 0.6 is 0 Å². The van der Waals surface area contributed by atoms with Crippen LogP contribution in [0.3, 0.4) is 0 Å². The molecule has 0 aromatic rings. The standard InChI is InChI=1S/C22H40O2Si/c1-20(2,24-25(4,5)6)12-8-14-22(15-16-22)19-11-10-17-18(23)9-7-13-21(17,19)3/h17,19H,7-16H2,1-6H3/t17?,19-,21-/m0/s1. The first kappa shape index (κ1) is 19.6. The summed E-state index contributed by atoms with van der Waals surface area (Å²) in [4.78, 5) is 12.4.